The Bertz CT molecular complexity index is 463. The van der Waals surface area contributed by atoms with E-state index in [4.69, 9.17) is 0 Å². The molecule has 1 aromatic heterocycles. The molecule has 7 nitrogen and oxygen atoms in total. The van der Waals surface area contributed by atoms with Crippen LogP contribution in [0, 0.1) is 10.1 Å². The summed E-state index contributed by atoms with van der Waals surface area (Å²) in [4.78, 5) is 22.1. The SMILES string of the molecule is Cn1cc([N+](=O)[O-])cc1C(=O)N[C@@H]1CCCNC1. The van der Waals surface area contributed by atoms with Gasteiger partial charge in [-0.15, -0.1) is 0 Å². The summed E-state index contributed by atoms with van der Waals surface area (Å²) in [6, 6.07) is 1.39. The van der Waals surface area contributed by atoms with E-state index in [0.29, 0.717) is 5.69 Å². The van der Waals surface area contributed by atoms with Crippen molar-refractivity contribution in [3.63, 3.8) is 0 Å². The van der Waals surface area contributed by atoms with Crippen molar-refractivity contribution in [1.29, 1.82) is 0 Å². The van der Waals surface area contributed by atoms with Crippen molar-refractivity contribution in [3.8, 4) is 0 Å². The molecule has 0 spiro atoms. The molecule has 2 N–H and O–H groups in total. The molecule has 2 rings (SSSR count). The second-order valence-electron chi connectivity index (χ2n) is 4.47. The van der Waals surface area contributed by atoms with Crippen LogP contribution in [-0.2, 0) is 7.05 Å². The smallest absolute Gasteiger partial charge is 0.287 e. The predicted octanol–water partition coefficient (Wildman–Crippen LogP) is 0.415. The zero-order valence-electron chi connectivity index (χ0n) is 10.2. The third-order valence-electron chi connectivity index (χ3n) is 3.07. The van der Waals surface area contributed by atoms with Gasteiger partial charge in [-0.05, 0) is 19.4 Å². The van der Waals surface area contributed by atoms with Crippen molar-refractivity contribution < 1.29 is 9.72 Å². The maximum Gasteiger partial charge on any atom is 0.287 e. The first-order valence-corrected chi connectivity index (χ1v) is 5.90. The fraction of sp³-hybridized carbons (Fsp3) is 0.545. The Hall–Kier alpha value is -1.89. The average Bonchev–Trinajstić information content (AvgIpc) is 2.73. The Kier molecular flexibility index (Phi) is 3.61. The van der Waals surface area contributed by atoms with Crippen LogP contribution in [0.4, 0.5) is 5.69 Å². The second kappa shape index (κ2) is 5.18. The van der Waals surface area contributed by atoms with Crippen molar-refractivity contribution in [2.45, 2.75) is 18.9 Å². The predicted molar refractivity (Wildman–Crippen MR) is 65.4 cm³/mol. The van der Waals surface area contributed by atoms with Gasteiger partial charge in [-0.2, -0.15) is 0 Å². The summed E-state index contributed by atoms with van der Waals surface area (Å²) < 4.78 is 1.48. The van der Waals surface area contributed by atoms with E-state index in [1.165, 1.54) is 16.8 Å². The van der Waals surface area contributed by atoms with Crippen LogP contribution in [0.25, 0.3) is 0 Å². The molecule has 0 radical (unpaired) electrons. The van der Waals surface area contributed by atoms with Gasteiger partial charge >= 0.3 is 0 Å². The zero-order chi connectivity index (χ0) is 13.1. The van der Waals surface area contributed by atoms with E-state index in [-0.39, 0.29) is 17.6 Å². The third-order valence-corrected chi connectivity index (χ3v) is 3.07. The molecule has 0 saturated carbocycles. The molecular weight excluding hydrogens is 236 g/mol. The normalized spacial score (nSPS) is 19.5. The molecule has 1 fully saturated rings. The molecule has 1 saturated heterocycles. The summed E-state index contributed by atoms with van der Waals surface area (Å²) in [5, 5.41) is 16.7. The van der Waals surface area contributed by atoms with Crippen LogP contribution in [0.1, 0.15) is 23.3 Å². The number of carbonyl (C=O) groups excluding carboxylic acids is 1. The number of amides is 1. The highest BCUT2D eigenvalue weighted by Crippen LogP contribution is 2.15. The van der Waals surface area contributed by atoms with Gasteiger partial charge in [0.15, 0.2) is 0 Å². The highest BCUT2D eigenvalue weighted by molar-refractivity contribution is 5.93. The minimum absolute atomic E-state index is 0.0654. The van der Waals surface area contributed by atoms with Crippen LogP contribution < -0.4 is 10.6 Å². The molecule has 0 aromatic carbocycles. The molecule has 0 bridgehead atoms. The van der Waals surface area contributed by atoms with Gasteiger partial charge in [0, 0.05) is 25.7 Å². The molecule has 1 amide bonds. The van der Waals surface area contributed by atoms with E-state index in [2.05, 4.69) is 10.6 Å². The van der Waals surface area contributed by atoms with Crippen molar-refractivity contribution in [3.05, 3.63) is 28.1 Å². The molecule has 1 atom stereocenters. The maximum absolute atomic E-state index is 12.0. The van der Waals surface area contributed by atoms with Crippen LogP contribution in [0.2, 0.25) is 0 Å². The van der Waals surface area contributed by atoms with Crippen LogP contribution in [0.3, 0.4) is 0 Å². The lowest BCUT2D eigenvalue weighted by atomic mass is 10.1. The van der Waals surface area contributed by atoms with Gasteiger partial charge in [-0.1, -0.05) is 0 Å². The topological polar surface area (TPSA) is 89.2 Å². The summed E-state index contributed by atoms with van der Waals surface area (Å²) in [5.74, 6) is -0.265. The Morgan fingerprint density at radius 2 is 2.44 bits per heavy atom. The molecule has 7 heteroatoms. The average molecular weight is 252 g/mol. The van der Waals surface area contributed by atoms with E-state index >= 15 is 0 Å². The van der Waals surface area contributed by atoms with Crippen molar-refractivity contribution in [2.24, 2.45) is 7.05 Å². The number of carbonyl (C=O) groups is 1. The molecule has 0 unspecified atom stereocenters. The van der Waals surface area contributed by atoms with E-state index < -0.39 is 4.92 Å². The number of aryl methyl sites for hydroxylation is 1. The van der Waals surface area contributed by atoms with Gasteiger partial charge in [0.2, 0.25) is 0 Å². The van der Waals surface area contributed by atoms with E-state index in [1.807, 2.05) is 0 Å². The molecule has 1 aromatic rings. The highest BCUT2D eigenvalue weighted by Gasteiger charge is 2.21. The highest BCUT2D eigenvalue weighted by atomic mass is 16.6. The third kappa shape index (κ3) is 2.67. The summed E-state index contributed by atoms with van der Waals surface area (Å²) >= 11 is 0. The van der Waals surface area contributed by atoms with Gasteiger partial charge in [0.1, 0.15) is 5.69 Å². The van der Waals surface area contributed by atoms with Crippen molar-refractivity contribution in [2.75, 3.05) is 13.1 Å². The van der Waals surface area contributed by atoms with Gasteiger partial charge in [0.05, 0.1) is 11.1 Å². The summed E-state index contributed by atoms with van der Waals surface area (Å²) in [5.41, 5.74) is 0.247. The first kappa shape index (κ1) is 12.6. The van der Waals surface area contributed by atoms with Crippen LogP contribution in [-0.4, -0.2) is 34.5 Å². The largest absolute Gasteiger partial charge is 0.347 e. The molecule has 1 aliphatic heterocycles. The number of aromatic nitrogens is 1. The fourth-order valence-electron chi connectivity index (χ4n) is 2.11. The number of hydrogen-bond acceptors (Lipinski definition) is 4. The number of piperidine rings is 1. The first-order valence-electron chi connectivity index (χ1n) is 5.90. The minimum atomic E-state index is -0.501. The molecule has 2 heterocycles. The molecule has 1 aliphatic rings. The molecular formula is C11H16N4O3. The lowest BCUT2D eigenvalue weighted by Gasteiger charge is -2.23. The standard InChI is InChI=1S/C11H16N4O3/c1-14-7-9(15(17)18)5-10(14)11(16)13-8-3-2-4-12-6-8/h5,7-8,12H,2-4,6H2,1H3,(H,13,16)/t8-/m1/s1. The molecule has 98 valence electrons. The van der Waals surface area contributed by atoms with Crippen LogP contribution >= 0.6 is 0 Å². The summed E-state index contributed by atoms with van der Waals surface area (Å²) in [6.07, 6.45) is 3.30. The monoisotopic (exact) mass is 252 g/mol. The molecule has 0 aliphatic carbocycles. The number of hydrogen-bond donors (Lipinski definition) is 2. The number of rotatable bonds is 3. The Labute approximate surface area is 104 Å². The Balaban J connectivity index is 2.06. The van der Waals surface area contributed by atoms with Gasteiger partial charge < -0.3 is 15.2 Å². The van der Waals surface area contributed by atoms with Crippen molar-refractivity contribution in [1.82, 2.24) is 15.2 Å². The number of nitrogens with zero attached hydrogens (tertiary/aromatic N) is 2. The quantitative estimate of drug-likeness (QED) is 0.602. The fourth-order valence-corrected chi connectivity index (χ4v) is 2.11. The van der Waals surface area contributed by atoms with Crippen LogP contribution in [0.15, 0.2) is 12.3 Å². The summed E-state index contributed by atoms with van der Waals surface area (Å²) in [7, 11) is 1.63. The van der Waals surface area contributed by atoms with E-state index in [0.717, 1.165) is 25.9 Å². The van der Waals surface area contributed by atoms with Gasteiger partial charge in [-0.3, -0.25) is 14.9 Å². The second-order valence-corrected chi connectivity index (χ2v) is 4.47. The number of nitrogens with one attached hydrogen (secondary N) is 2. The Morgan fingerprint density at radius 1 is 1.67 bits per heavy atom. The molecule has 18 heavy (non-hydrogen) atoms. The summed E-state index contributed by atoms with van der Waals surface area (Å²) in [6.45, 7) is 1.72. The maximum atomic E-state index is 12.0. The minimum Gasteiger partial charge on any atom is -0.347 e. The number of nitro groups is 1. The Morgan fingerprint density at radius 3 is 3.00 bits per heavy atom. The lowest BCUT2D eigenvalue weighted by Crippen LogP contribution is -2.45. The lowest BCUT2D eigenvalue weighted by molar-refractivity contribution is -0.384. The van der Waals surface area contributed by atoms with E-state index in [1.54, 1.807) is 7.05 Å². The van der Waals surface area contributed by atoms with Crippen LogP contribution in [0.5, 0.6) is 0 Å². The van der Waals surface area contributed by atoms with Gasteiger partial charge in [-0.25, -0.2) is 0 Å². The van der Waals surface area contributed by atoms with Gasteiger partial charge in [0.25, 0.3) is 11.6 Å². The zero-order valence-corrected chi connectivity index (χ0v) is 10.2. The van der Waals surface area contributed by atoms with Crippen molar-refractivity contribution >= 4 is 11.6 Å². The van der Waals surface area contributed by atoms with E-state index in [9.17, 15) is 14.9 Å². The first-order chi connectivity index (χ1) is 8.58.